The van der Waals surface area contributed by atoms with Gasteiger partial charge in [-0.2, -0.15) is 5.10 Å². The average molecular weight is 400 g/mol. The number of aromatic amines is 1. The number of aryl methyl sites for hydroxylation is 2. The number of morpholine rings is 1. The number of ketones is 1. The third-order valence-electron chi connectivity index (χ3n) is 5.48. The molecule has 0 radical (unpaired) electrons. The summed E-state index contributed by atoms with van der Waals surface area (Å²) in [5.74, 6) is -1.15. The van der Waals surface area contributed by atoms with E-state index >= 15 is 0 Å². The van der Waals surface area contributed by atoms with Crippen LogP contribution in [0.2, 0.25) is 0 Å². The maximum Gasteiger partial charge on any atom is 0.295 e. The first-order valence-electron chi connectivity index (χ1n) is 9.63. The topological polar surface area (TPSA) is 112 Å². The van der Waals surface area contributed by atoms with Crippen LogP contribution in [-0.4, -0.2) is 76.2 Å². The first-order chi connectivity index (χ1) is 14.0. The van der Waals surface area contributed by atoms with E-state index in [2.05, 4.69) is 15.1 Å². The number of rotatable bonds is 5. The molecule has 2 aliphatic heterocycles. The molecule has 4 heterocycles. The molecule has 154 valence electrons. The van der Waals surface area contributed by atoms with Crippen LogP contribution >= 0.6 is 0 Å². The molecule has 2 saturated heterocycles. The third kappa shape index (κ3) is 3.47. The molecule has 0 bridgehead atoms. The molecule has 2 aromatic heterocycles. The number of hydrogen-bond acceptors (Lipinski definition) is 7. The van der Waals surface area contributed by atoms with E-state index in [9.17, 15) is 14.7 Å². The van der Waals surface area contributed by atoms with Crippen molar-refractivity contribution in [3.05, 3.63) is 46.7 Å². The van der Waals surface area contributed by atoms with E-state index in [1.807, 2.05) is 0 Å². The minimum atomic E-state index is -0.778. The number of aromatic nitrogens is 2. The Morgan fingerprint density at radius 2 is 2.03 bits per heavy atom. The fourth-order valence-electron chi connectivity index (χ4n) is 3.96. The number of aliphatic hydroxyl groups is 1. The second kappa shape index (κ2) is 7.84. The van der Waals surface area contributed by atoms with Gasteiger partial charge in [-0.25, -0.2) is 0 Å². The molecule has 0 spiro atoms. The van der Waals surface area contributed by atoms with Crippen LogP contribution in [0.4, 0.5) is 0 Å². The van der Waals surface area contributed by atoms with Gasteiger partial charge in [0.1, 0.15) is 17.6 Å². The summed E-state index contributed by atoms with van der Waals surface area (Å²) in [5, 5.41) is 17.9. The van der Waals surface area contributed by atoms with E-state index in [1.165, 1.54) is 11.2 Å². The zero-order chi connectivity index (χ0) is 20.5. The van der Waals surface area contributed by atoms with Gasteiger partial charge in [0.2, 0.25) is 0 Å². The molecular formula is C20H24N4O5. The number of H-pyrrole nitrogens is 1. The predicted octanol–water partition coefficient (Wildman–Crippen LogP) is 1.37. The van der Waals surface area contributed by atoms with Crippen molar-refractivity contribution in [2.75, 3.05) is 39.4 Å². The largest absolute Gasteiger partial charge is 0.507 e. The van der Waals surface area contributed by atoms with Crippen molar-refractivity contribution in [2.45, 2.75) is 19.9 Å². The molecule has 0 saturated carbocycles. The monoisotopic (exact) mass is 400 g/mol. The second-order valence-electron chi connectivity index (χ2n) is 7.27. The first kappa shape index (κ1) is 19.4. The van der Waals surface area contributed by atoms with Gasteiger partial charge in [0, 0.05) is 31.9 Å². The Balaban J connectivity index is 1.72. The second-order valence-corrected chi connectivity index (χ2v) is 7.27. The number of nitrogens with one attached hydrogen (secondary N) is 1. The zero-order valence-electron chi connectivity index (χ0n) is 16.5. The summed E-state index contributed by atoms with van der Waals surface area (Å²) in [6, 6.07) is 2.63. The predicted molar refractivity (Wildman–Crippen MR) is 103 cm³/mol. The van der Waals surface area contributed by atoms with E-state index in [-0.39, 0.29) is 11.3 Å². The zero-order valence-corrected chi connectivity index (χ0v) is 16.5. The summed E-state index contributed by atoms with van der Waals surface area (Å²) in [5.41, 5.74) is 1.64. The fourth-order valence-corrected chi connectivity index (χ4v) is 3.96. The summed E-state index contributed by atoms with van der Waals surface area (Å²) in [4.78, 5) is 29.4. The first-order valence-corrected chi connectivity index (χ1v) is 9.63. The van der Waals surface area contributed by atoms with Gasteiger partial charge < -0.3 is 19.2 Å². The van der Waals surface area contributed by atoms with Gasteiger partial charge in [0.25, 0.3) is 11.7 Å². The molecule has 4 rings (SSSR count). The molecule has 1 atom stereocenters. The molecule has 9 nitrogen and oxygen atoms in total. The Morgan fingerprint density at radius 1 is 1.28 bits per heavy atom. The highest BCUT2D eigenvalue weighted by atomic mass is 16.5. The Hall–Kier alpha value is -2.91. The van der Waals surface area contributed by atoms with Crippen LogP contribution in [0, 0.1) is 13.8 Å². The number of Topliss-reactive ketones (excluding diaryl/α,β-unsaturated/α-hetero) is 1. The van der Waals surface area contributed by atoms with Crippen molar-refractivity contribution < 1.29 is 23.8 Å². The molecule has 9 heteroatoms. The summed E-state index contributed by atoms with van der Waals surface area (Å²) in [7, 11) is 0. The molecule has 0 unspecified atom stereocenters. The lowest BCUT2D eigenvalue weighted by Gasteiger charge is -2.30. The number of ether oxygens (including phenoxy) is 1. The number of carbonyl (C=O) groups excluding carboxylic acids is 2. The molecular weight excluding hydrogens is 376 g/mol. The van der Waals surface area contributed by atoms with Crippen LogP contribution < -0.4 is 0 Å². The van der Waals surface area contributed by atoms with Gasteiger partial charge in [0.15, 0.2) is 0 Å². The quantitative estimate of drug-likeness (QED) is 0.443. The van der Waals surface area contributed by atoms with E-state index in [0.717, 1.165) is 13.1 Å². The molecule has 29 heavy (non-hydrogen) atoms. The van der Waals surface area contributed by atoms with E-state index in [4.69, 9.17) is 9.15 Å². The van der Waals surface area contributed by atoms with Crippen LogP contribution in [0.1, 0.15) is 28.8 Å². The molecule has 2 aromatic rings. The number of amides is 1. The smallest absolute Gasteiger partial charge is 0.295 e. The lowest BCUT2D eigenvalue weighted by Crippen LogP contribution is -2.42. The van der Waals surface area contributed by atoms with Gasteiger partial charge in [-0.3, -0.25) is 19.6 Å². The maximum absolute atomic E-state index is 12.9. The third-order valence-corrected chi connectivity index (χ3v) is 5.48. The van der Waals surface area contributed by atoms with E-state index < -0.39 is 17.7 Å². The van der Waals surface area contributed by atoms with Crippen molar-refractivity contribution in [2.24, 2.45) is 0 Å². The van der Waals surface area contributed by atoms with Crippen molar-refractivity contribution in [3.63, 3.8) is 0 Å². The normalized spacial score (nSPS) is 22.6. The van der Waals surface area contributed by atoms with Crippen LogP contribution in [0.15, 0.2) is 28.4 Å². The standard InChI is InChI=1S/C20H24N4O5/c1-12-15(13(2)22-21-12)18(25)16-17(14-4-3-9-29-14)24(20(27)19(16)26)6-5-23-7-10-28-11-8-23/h3-4,9,17,25H,5-8,10-11H2,1-2H3,(H,21,22)/t17-/m1/s1. The van der Waals surface area contributed by atoms with Crippen LogP contribution in [0.5, 0.6) is 0 Å². The lowest BCUT2D eigenvalue weighted by molar-refractivity contribution is -0.140. The Kier molecular flexibility index (Phi) is 5.25. The van der Waals surface area contributed by atoms with Crippen molar-refractivity contribution in [1.29, 1.82) is 0 Å². The van der Waals surface area contributed by atoms with Gasteiger partial charge >= 0.3 is 0 Å². The van der Waals surface area contributed by atoms with E-state index in [1.54, 1.807) is 26.0 Å². The van der Waals surface area contributed by atoms with Crippen molar-refractivity contribution in [1.82, 2.24) is 20.0 Å². The fraction of sp³-hybridized carbons (Fsp3) is 0.450. The van der Waals surface area contributed by atoms with E-state index in [0.29, 0.717) is 49.0 Å². The molecule has 1 amide bonds. The highest BCUT2D eigenvalue weighted by Gasteiger charge is 2.47. The van der Waals surface area contributed by atoms with Crippen molar-refractivity contribution in [3.8, 4) is 0 Å². The van der Waals surface area contributed by atoms with Crippen LogP contribution in [0.25, 0.3) is 5.76 Å². The average Bonchev–Trinajstić information content (AvgIpc) is 3.41. The molecule has 2 fully saturated rings. The number of aliphatic hydroxyl groups excluding tert-OH is 1. The van der Waals surface area contributed by atoms with Crippen LogP contribution in [0.3, 0.4) is 0 Å². The minimum absolute atomic E-state index is 0.0273. The highest BCUT2D eigenvalue weighted by molar-refractivity contribution is 6.46. The summed E-state index contributed by atoms with van der Waals surface area (Å²) in [6.07, 6.45) is 1.49. The van der Waals surface area contributed by atoms with Gasteiger partial charge in [-0.1, -0.05) is 0 Å². The van der Waals surface area contributed by atoms with Gasteiger partial charge in [-0.05, 0) is 26.0 Å². The van der Waals surface area contributed by atoms with Gasteiger partial charge in [0.05, 0.1) is 36.3 Å². The molecule has 0 aliphatic carbocycles. The van der Waals surface area contributed by atoms with Gasteiger partial charge in [-0.15, -0.1) is 0 Å². The minimum Gasteiger partial charge on any atom is -0.507 e. The number of likely N-dealkylation sites (tertiary alicyclic amines) is 1. The lowest BCUT2D eigenvalue weighted by atomic mass is 9.98. The SMILES string of the molecule is Cc1n[nH]c(C)c1C(O)=C1C(=O)C(=O)N(CCN2CCOCC2)[C@@H]1c1ccco1. The van der Waals surface area contributed by atoms with Crippen LogP contribution in [-0.2, 0) is 14.3 Å². The summed E-state index contributed by atoms with van der Waals surface area (Å²) >= 11 is 0. The number of hydrogen-bond donors (Lipinski definition) is 2. The number of furan rings is 1. The maximum atomic E-state index is 12.9. The molecule has 2 N–H and O–H groups in total. The number of carbonyl (C=O) groups is 2. The Bertz CT molecular complexity index is 921. The highest BCUT2D eigenvalue weighted by Crippen LogP contribution is 2.40. The summed E-state index contributed by atoms with van der Waals surface area (Å²) in [6.45, 7) is 7.30. The Morgan fingerprint density at radius 3 is 2.66 bits per heavy atom. The molecule has 2 aliphatic rings. The van der Waals surface area contributed by atoms with Crippen molar-refractivity contribution >= 4 is 17.4 Å². The summed E-state index contributed by atoms with van der Waals surface area (Å²) < 4.78 is 10.9. The molecule has 0 aromatic carbocycles. The Labute approximate surface area is 167 Å². The number of nitrogens with zero attached hydrogens (tertiary/aromatic N) is 3.